The summed E-state index contributed by atoms with van der Waals surface area (Å²) < 4.78 is 0. The number of likely N-dealkylation sites (N-methyl/N-ethyl adjacent to an activating group) is 2. The van der Waals surface area contributed by atoms with Crippen molar-refractivity contribution in [2.24, 2.45) is 5.92 Å². The van der Waals surface area contributed by atoms with E-state index >= 15 is 0 Å². The molecule has 2 atom stereocenters. The van der Waals surface area contributed by atoms with Crippen LogP contribution in [0.2, 0.25) is 0 Å². The van der Waals surface area contributed by atoms with Crippen LogP contribution in [0.25, 0.3) is 0 Å². The van der Waals surface area contributed by atoms with E-state index in [0.29, 0.717) is 12.0 Å². The van der Waals surface area contributed by atoms with E-state index in [1.165, 1.54) is 0 Å². The molecule has 1 aliphatic rings. The summed E-state index contributed by atoms with van der Waals surface area (Å²) in [6.45, 7) is 11.2. The number of carbonyl (C=O) groups excluding carboxylic acids is 1. The quantitative estimate of drug-likeness (QED) is 0.709. The Morgan fingerprint density at radius 1 is 1.25 bits per heavy atom. The molecule has 20 heavy (non-hydrogen) atoms. The van der Waals surface area contributed by atoms with Gasteiger partial charge in [0.05, 0.1) is 6.04 Å². The average molecular weight is 284 g/mol. The molecule has 1 fully saturated rings. The molecule has 0 aliphatic carbocycles. The third-order valence-corrected chi connectivity index (χ3v) is 4.05. The Hall–Kier alpha value is -0.650. The van der Waals surface area contributed by atoms with Crippen molar-refractivity contribution in [1.29, 1.82) is 0 Å². The second-order valence-electron chi connectivity index (χ2n) is 6.50. The van der Waals surface area contributed by atoms with E-state index in [1.54, 1.807) is 0 Å². The molecule has 2 N–H and O–H groups in total. The molecular weight excluding hydrogens is 252 g/mol. The summed E-state index contributed by atoms with van der Waals surface area (Å²) in [6.07, 6.45) is 1.04. The van der Waals surface area contributed by atoms with Crippen LogP contribution in [0.4, 0.5) is 0 Å². The summed E-state index contributed by atoms with van der Waals surface area (Å²) in [5.74, 6) is 0.738. The van der Waals surface area contributed by atoms with Gasteiger partial charge in [0, 0.05) is 38.8 Å². The van der Waals surface area contributed by atoms with Crippen molar-refractivity contribution in [3.8, 4) is 0 Å². The molecule has 1 amide bonds. The summed E-state index contributed by atoms with van der Waals surface area (Å²) in [5, 5.41) is 6.36. The van der Waals surface area contributed by atoms with E-state index in [0.717, 1.165) is 39.1 Å². The Balaban J connectivity index is 2.24. The van der Waals surface area contributed by atoms with Gasteiger partial charge in [-0.05, 0) is 33.4 Å². The average Bonchev–Trinajstić information content (AvgIpc) is 2.38. The molecule has 1 heterocycles. The fraction of sp³-hybridized carbons (Fsp3) is 0.933. The minimum Gasteiger partial charge on any atom is -0.355 e. The molecule has 118 valence electrons. The van der Waals surface area contributed by atoms with Gasteiger partial charge in [0.1, 0.15) is 0 Å². The van der Waals surface area contributed by atoms with Crippen LogP contribution < -0.4 is 10.6 Å². The predicted molar refractivity (Wildman–Crippen MR) is 83.8 cm³/mol. The molecule has 5 heteroatoms. The molecule has 1 rings (SSSR count). The number of hydrogen-bond donors (Lipinski definition) is 2. The van der Waals surface area contributed by atoms with E-state index in [4.69, 9.17) is 0 Å². The molecule has 2 unspecified atom stereocenters. The Morgan fingerprint density at radius 2 is 1.95 bits per heavy atom. The zero-order valence-corrected chi connectivity index (χ0v) is 13.8. The molecule has 0 aromatic carbocycles. The largest absolute Gasteiger partial charge is 0.355 e. The van der Waals surface area contributed by atoms with E-state index < -0.39 is 0 Å². The first kappa shape index (κ1) is 17.4. The highest BCUT2D eigenvalue weighted by atomic mass is 16.2. The zero-order chi connectivity index (χ0) is 15.1. The van der Waals surface area contributed by atoms with Crippen molar-refractivity contribution in [2.75, 3.05) is 46.8 Å². The molecule has 0 aromatic rings. The van der Waals surface area contributed by atoms with Gasteiger partial charge < -0.3 is 15.5 Å². The highest BCUT2D eigenvalue weighted by molar-refractivity contribution is 5.81. The third kappa shape index (κ3) is 6.20. The van der Waals surface area contributed by atoms with E-state index in [-0.39, 0.29) is 11.9 Å². The van der Waals surface area contributed by atoms with Crippen molar-refractivity contribution in [1.82, 2.24) is 20.4 Å². The topological polar surface area (TPSA) is 47.6 Å². The van der Waals surface area contributed by atoms with Crippen LogP contribution in [-0.4, -0.2) is 74.6 Å². The van der Waals surface area contributed by atoms with Crippen molar-refractivity contribution in [2.45, 2.75) is 39.3 Å². The molecular formula is C15H32N4O. The highest BCUT2D eigenvalue weighted by Crippen LogP contribution is 2.05. The molecule has 1 saturated heterocycles. The highest BCUT2D eigenvalue weighted by Gasteiger charge is 2.23. The van der Waals surface area contributed by atoms with Crippen LogP contribution in [0.1, 0.15) is 27.2 Å². The van der Waals surface area contributed by atoms with Gasteiger partial charge in [-0.3, -0.25) is 9.69 Å². The molecule has 0 bridgehead atoms. The van der Waals surface area contributed by atoms with E-state index in [1.807, 2.05) is 6.92 Å². The smallest absolute Gasteiger partial charge is 0.236 e. The lowest BCUT2D eigenvalue weighted by atomic mass is 10.1. The van der Waals surface area contributed by atoms with E-state index in [2.05, 4.69) is 48.4 Å². The minimum atomic E-state index is -0.122. The summed E-state index contributed by atoms with van der Waals surface area (Å²) in [4.78, 5) is 16.7. The minimum absolute atomic E-state index is 0.109. The number of rotatable bonds is 7. The van der Waals surface area contributed by atoms with Gasteiger partial charge in [0.2, 0.25) is 5.91 Å². The number of nitrogens with one attached hydrogen (secondary N) is 2. The van der Waals surface area contributed by atoms with E-state index in [9.17, 15) is 4.79 Å². The zero-order valence-electron chi connectivity index (χ0n) is 13.8. The number of amides is 1. The van der Waals surface area contributed by atoms with Crippen LogP contribution in [0.3, 0.4) is 0 Å². The fourth-order valence-electron chi connectivity index (χ4n) is 2.36. The van der Waals surface area contributed by atoms with Crippen molar-refractivity contribution in [3.63, 3.8) is 0 Å². The lowest BCUT2D eigenvalue weighted by molar-refractivity contribution is -0.122. The Kier molecular flexibility index (Phi) is 7.48. The number of nitrogens with zero attached hydrogens (tertiary/aromatic N) is 2. The Bertz CT molecular complexity index is 296. The SMILES string of the molecule is CC(C)CCNC(=O)C(C)NCC1CN(C)CCN1C. The number of piperazine rings is 1. The lowest BCUT2D eigenvalue weighted by Gasteiger charge is -2.38. The first-order chi connectivity index (χ1) is 9.40. The van der Waals surface area contributed by atoms with Gasteiger partial charge >= 0.3 is 0 Å². The van der Waals surface area contributed by atoms with Crippen molar-refractivity contribution in [3.05, 3.63) is 0 Å². The van der Waals surface area contributed by atoms with Gasteiger partial charge in [-0.1, -0.05) is 13.8 Å². The maximum atomic E-state index is 11.9. The predicted octanol–water partition coefficient (Wildman–Crippen LogP) is 0.373. The molecule has 1 aliphatic heterocycles. The van der Waals surface area contributed by atoms with Crippen molar-refractivity contribution >= 4 is 5.91 Å². The van der Waals surface area contributed by atoms with Gasteiger partial charge in [-0.2, -0.15) is 0 Å². The summed E-state index contributed by atoms with van der Waals surface area (Å²) in [7, 11) is 4.31. The molecule has 0 spiro atoms. The normalized spacial score (nSPS) is 23.0. The van der Waals surface area contributed by atoms with Crippen molar-refractivity contribution < 1.29 is 4.79 Å². The molecule has 5 nitrogen and oxygen atoms in total. The van der Waals surface area contributed by atoms with Gasteiger partial charge in [-0.15, -0.1) is 0 Å². The first-order valence-electron chi connectivity index (χ1n) is 7.80. The summed E-state index contributed by atoms with van der Waals surface area (Å²) >= 11 is 0. The molecule has 0 aromatic heterocycles. The maximum absolute atomic E-state index is 11.9. The second kappa shape index (κ2) is 8.60. The van der Waals surface area contributed by atoms with Crippen LogP contribution in [0, 0.1) is 5.92 Å². The standard InChI is InChI=1S/C15H32N4O/c1-12(2)6-7-16-15(20)13(3)17-10-14-11-18(4)8-9-19(14)5/h12-14,17H,6-11H2,1-5H3,(H,16,20). The maximum Gasteiger partial charge on any atom is 0.236 e. The number of carbonyl (C=O) groups is 1. The van der Waals surface area contributed by atoms with Crippen LogP contribution in [0.15, 0.2) is 0 Å². The second-order valence-corrected chi connectivity index (χ2v) is 6.50. The molecule has 0 saturated carbocycles. The van der Waals surface area contributed by atoms with Gasteiger partial charge in [-0.25, -0.2) is 0 Å². The fourth-order valence-corrected chi connectivity index (χ4v) is 2.36. The summed E-state index contributed by atoms with van der Waals surface area (Å²) in [5.41, 5.74) is 0. The van der Waals surface area contributed by atoms with Crippen LogP contribution in [-0.2, 0) is 4.79 Å². The number of hydrogen-bond acceptors (Lipinski definition) is 4. The van der Waals surface area contributed by atoms with Crippen LogP contribution >= 0.6 is 0 Å². The molecule has 0 radical (unpaired) electrons. The Labute approximate surface area is 124 Å². The third-order valence-electron chi connectivity index (χ3n) is 4.05. The lowest BCUT2D eigenvalue weighted by Crippen LogP contribution is -2.55. The van der Waals surface area contributed by atoms with Gasteiger partial charge in [0.25, 0.3) is 0 Å². The Morgan fingerprint density at radius 3 is 2.60 bits per heavy atom. The van der Waals surface area contributed by atoms with Crippen LogP contribution in [0.5, 0.6) is 0 Å². The van der Waals surface area contributed by atoms with Gasteiger partial charge in [0.15, 0.2) is 0 Å². The first-order valence-corrected chi connectivity index (χ1v) is 7.80. The summed E-state index contributed by atoms with van der Waals surface area (Å²) in [6, 6.07) is 0.363. The monoisotopic (exact) mass is 284 g/mol.